The summed E-state index contributed by atoms with van der Waals surface area (Å²) in [5.41, 5.74) is -4.62. The highest BCUT2D eigenvalue weighted by atomic mass is 35.5. The van der Waals surface area contributed by atoms with E-state index in [1.165, 1.54) is 0 Å². The maximum Gasteiger partial charge on any atom is 0.431 e. The molecule has 0 spiro atoms. The summed E-state index contributed by atoms with van der Waals surface area (Å²) in [5.74, 6) is -1.07. The number of aromatic nitrogens is 2. The number of hydrogen-bond donors (Lipinski definition) is 0. The summed E-state index contributed by atoms with van der Waals surface area (Å²) >= 11 is 5.89. The van der Waals surface area contributed by atoms with Crippen LogP contribution in [-0.2, 0) is 18.1 Å². The van der Waals surface area contributed by atoms with E-state index in [0.717, 1.165) is 25.4 Å². The number of alkyl halides is 3. The first-order chi connectivity index (χ1) is 12.4. The molecule has 2 rings (SSSR count). The second kappa shape index (κ2) is 7.55. The normalized spacial score (nSPS) is 12.2. The van der Waals surface area contributed by atoms with Gasteiger partial charge in [-0.05, 0) is 26.0 Å². The van der Waals surface area contributed by atoms with Crippen LogP contribution in [0, 0.1) is 5.82 Å². The van der Waals surface area contributed by atoms with E-state index in [1.807, 2.05) is 0 Å². The van der Waals surface area contributed by atoms with Crippen molar-refractivity contribution in [2.75, 3.05) is 0 Å². The van der Waals surface area contributed by atoms with Crippen molar-refractivity contribution in [2.24, 2.45) is 12.2 Å². The summed E-state index contributed by atoms with van der Waals surface area (Å²) in [7, 11) is 0.827. The van der Waals surface area contributed by atoms with Crippen LogP contribution >= 0.6 is 11.6 Å². The van der Waals surface area contributed by atoms with Crippen molar-refractivity contribution in [3.05, 3.63) is 61.1 Å². The summed E-state index contributed by atoms with van der Waals surface area (Å²) < 4.78 is 53.5. The van der Waals surface area contributed by atoms with Gasteiger partial charge in [0.05, 0.1) is 16.9 Å². The third kappa shape index (κ3) is 4.38. The van der Waals surface area contributed by atoms with Gasteiger partial charge in [-0.15, -0.1) is 0 Å². The van der Waals surface area contributed by atoms with E-state index in [4.69, 9.17) is 16.4 Å². The number of hydrogen-bond acceptors (Lipinski definition) is 4. The van der Waals surface area contributed by atoms with Crippen LogP contribution < -0.4 is 11.2 Å². The lowest BCUT2D eigenvalue weighted by molar-refractivity contribution is -0.144. The zero-order valence-electron chi connectivity index (χ0n) is 14.3. The molecule has 0 saturated carbocycles. The average Bonchev–Trinajstić information content (AvgIpc) is 2.53. The Morgan fingerprint density at radius 2 is 1.85 bits per heavy atom. The molecule has 146 valence electrons. The van der Waals surface area contributed by atoms with E-state index < -0.39 is 34.6 Å². The van der Waals surface area contributed by atoms with E-state index in [9.17, 15) is 27.2 Å². The lowest BCUT2D eigenvalue weighted by atomic mass is 10.2. The molecule has 0 N–H and O–H groups in total. The highest BCUT2D eigenvalue weighted by molar-refractivity contribution is 6.33. The summed E-state index contributed by atoms with van der Waals surface area (Å²) in [6.07, 6.45) is -4.04. The second-order valence-corrected chi connectivity index (χ2v) is 6.16. The van der Waals surface area contributed by atoms with Crippen LogP contribution in [0.2, 0.25) is 5.02 Å². The molecule has 11 heteroatoms. The minimum atomic E-state index is -4.92. The van der Waals surface area contributed by atoms with Gasteiger partial charge in [-0.25, -0.2) is 13.8 Å². The summed E-state index contributed by atoms with van der Waals surface area (Å²) in [4.78, 5) is 29.3. The molecule has 0 saturated heterocycles. The van der Waals surface area contributed by atoms with E-state index in [2.05, 4.69) is 5.16 Å². The van der Waals surface area contributed by atoms with E-state index in [-0.39, 0.29) is 31.9 Å². The number of halogens is 5. The van der Waals surface area contributed by atoms with Crippen molar-refractivity contribution in [2.45, 2.75) is 26.1 Å². The lowest BCUT2D eigenvalue weighted by Crippen LogP contribution is -2.41. The molecule has 1 aromatic carbocycles. The van der Waals surface area contributed by atoms with Gasteiger partial charge in [0.25, 0.3) is 5.56 Å². The van der Waals surface area contributed by atoms with Gasteiger partial charge in [-0.3, -0.25) is 9.36 Å². The van der Waals surface area contributed by atoms with E-state index in [1.54, 1.807) is 13.8 Å². The van der Waals surface area contributed by atoms with Gasteiger partial charge in [0.2, 0.25) is 0 Å². The van der Waals surface area contributed by atoms with Gasteiger partial charge in [0.15, 0.2) is 0 Å². The number of benzene rings is 1. The Morgan fingerprint density at radius 3 is 2.41 bits per heavy atom. The van der Waals surface area contributed by atoms with Crippen molar-refractivity contribution in [1.29, 1.82) is 0 Å². The molecule has 0 amide bonds. The number of rotatable bonds is 4. The lowest BCUT2D eigenvalue weighted by Gasteiger charge is -2.14. The second-order valence-electron chi connectivity index (χ2n) is 5.76. The minimum absolute atomic E-state index is 0.0934. The summed E-state index contributed by atoms with van der Waals surface area (Å²) in [5, 5.41) is 3.53. The highest BCUT2D eigenvalue weighted by Gasteiger charge is 2.35. The fraction of sp³-hybridized carbons (Fsp3) is 0.312. The first-order valence-corrected chi connectivity index (χ1v) is 7.90. The smallest absolute Gasteiger partial charge is 0.393 e. The molecule has 0 atom stereocenters. The van der Waals surface area contributed by atoms with Crippen molar-refractivity contribution in [1.82, 2.24) is 9.13 Å². The van der Waals surface area contributed by atoms with Crippen LogP contribution in [0.1, 0.15) is 25.1 Å². The van der Waals surface area contributed by atoms with Crippen molar-refractivity contribution in [3.63, 3.8) is 0 Å². The topological polar surface area (TPSA) is 65.6 Å². The van der Waals surface area contributed by atoms with Gasteiger partial charge in [-0.2, -0.15) is 13.2 Å². The molecule has 0 unspecified atom stereocenters. The SMILES string of the molecule is CC(C)O/N=C/c1cc(-n2c(=O)cc(C(F)(F)F)n(C)c2=O)c(F)cc1Cl. The molecular weight excluding hydrogens is 394 g/mol. The first-order valence-electron chi connectivity index (χ1n) is 7.52. The molecular formula is C16H14ClF4N3O3. The van der Waals surface area contributed by atoms with Gasteiger partial charge in [0.1, 0.15) is 17.6 Å². The Kier molecular flexibility index (Phi) is 5.79. The molecule has 0 aliphatic carbocycles. The van der Waals surface area contributed by atoms with Gasteiger partial charge >= 0.3 is 11.9 Å². The Labute approximate surface area is 155 Å². The van der Waals surface area contributed by atoms with Gasteiger partial charge < -0.3 is 4.84 Å². The summed E-state index contributed by atoms with van der Waals surface area (Å²) in [6.45, 7) is 3.42. The standard InChI is InChI=1S/C16H14ClF4N3O3/c1-8(2)27-22-7-9-4-12(11(18)5-10(9)17)24-14(25)6-13(16(19,20)21)23(3)15(24)26/h4-8H,1-3H3/b22-7+. The monoisotopic (exact) mass is 407 g/mol. The van der Waals surface area contributed by atoms with Crippen molar-refractivity contribution in [3.8, 4) is 5.69 Å². The highest BCUT2D eigenvalue weighted by Crippen LogP contribution is 2.27. The Balaban J connectivity index is 2.69. The molecule has 1 heterocycles. The van der Waals surface area contributed by atoms with E-state index >= 15 is 0 Å². The molecule has 0 radical (unpaired) electrons. The zero-order chi connectivity index (χ0) is 20.5. The maximum atomic E-state index is 14.3. The quantitative estimate of drug-likeness (QED) is 0.444. The van der Waals surface area contributed by atoms with Crippen LogP contribution in [0.5, 0.6) is 0 Å². The van der Waals surface area contributed by atoms with Crippen molar-refractivity contribution < 1.29 is 22.4 Å². The largest absolute Gasteiger partial charge is 0.431 e. The van der Waals surface area contributed by atoms with Crippen molar-refractivity contribution >= 4 is 17.8 Å². The maximum absolute atomic E-state index is 14.3. The van der Waals surface area contributed by atoms with Gasteiger partial charge in [0, 0.05) is 18.7 Å². The molecule has 0 aliphatic rings. The van der Waals surface area contributed by atoms with Crippen LogP contribution in [0.25, 0.3) is 5.69 Å². The molecule has 0 bridgehead atoms. The molecule has 0 fully saturated rings. The van der Waals surface area contributed by atoms with Crippen LogP contribution in [0.3, 0.4) is 0 Å². The molecule has 1 aromatic heterocycles. The minimum Gasteiger partial charge on any atom is -0.393 e. The Hall–Kier alpha value is -2.62. The Morgan fingerprint density at radius 1 is 1.22 bits per heavy atom. The summed E-state index contributed by atoms with van der Waals surface area (Å²) in [6, 6.07) is 2.04. The fourth-order valence-electron chi connectivity index (χ4n) is 2.15. The first kappa shape index (κ1) is 20.7. The van der Waals surface area contributed by atoms with E-state index in [0.29, 0.717) is 0 Å². The average molecular weight is 408 g/mol. The van der Waals surface area contributed by atoms with Gasteiger partial charge in [-0.1, -0.05) is 16.8 Å². The third-order valence-corrected chi connectivity index (χ3v) is 3.71. The van der Waals surface area contributed by atoms with Crippen LogP contribution in [0.15, 0.2) is 32.9 Å². The van der Waals surface area contributed by atoms with Crippen LogP contribution in [-0.4, -0.2) is 21.5 Å². The third-order valence-electron chi connectivity index (χ3n) is 3.38. The predicted octanol–water partition coefficient (Wildman–Crippen LogP) is 3.11. The molecule has 0 aliphatic heterocycles. The Bertz CT molecular complexity index is 1010. The zero-order valence-corrected chi connectivity index (χ0v) is 15.1. The molecule has 2 aromatic rings. The van der Waals surface area contributed by atoms with Crippen LogP contribution in [0.4, 0.5) is 17.6 Å². The predicted molar refractivity (Wildman–Crippen MR) is 91.1 cm³/mol. The molecule has 27 heavy (non-hydrogen) atoms. The number of oxime groups is 1. The fourth-order valence-corrected chi connectivity index (χ4v) is 2.35. The molecule has 6 nitrogen and oxygen atoms in total. The number of nitrogens with zero attached hydrogens (tertiary/aromatic N) is 3.